The Labute approximate surface area is 120 Å². The molecule has 7 heteroatoms. The van der Waals surface area contributed by atoms with Crippen molar-refractivity contribution in [2.45, 2.75) is 26.3 Å². The monoisotopic (exact) mass is 297 g/mol. The van der Waals surface area contributed by atoms with Gasteiger partial charge in [-0.25, -0.2) is 4.68 Å². The van der Waals surface area contributed by atoms with Gasteiger partial charge in [0.1, 0.15) is 0 Å². The molecule has 0 spiro atoms. The third-order valence-corrected chi connectivity index (χ3v) is 4.34. The molecule has 0 amide bonds. The van der Waals surface area contributed by atoms with E-state index in [0.717, 1.165) is 6.42 Å². The normalized spacial score (nSPS) is 20.5. The second-order valence-corrected chi connectivity index (χ2v) is 6.30. The molecule has 2 N–H and O–H groups in total. The van der Waals surface area contributed by atoms with Crippen LogP contribution in [0.25, 0.3) is 11.4 Å². The van der Waals surface area contributed by atoms with Crippen LogP contribution in [0.1, 0.15) is 26.3 Å². The van der Waals surface area contributed by atoms with Gasteiger partial charge < -0.3 is 5.73 Å². The number of nitrogens with two attached hydrogens (primary N) is 1. The van der Waals surface area contributed by atoms with Gasteiger partial charge in [-0.15, -0.1) is 5.10 Å². The van der Waals surface area contributed by atoms with Gasteiger partial charge in [0.15, 0.2) is 5.82 Å². The van der Waals surface area contributed by atoms with Crippen molar-refractivity contribution in [2.24, 2.45) is 5.41 Å². The molecule has 1 aromatic heterocycles. The van der Waals surface area contributed by atoms with Crippen LogP contribution < -0.4 is 5.73 Å². The summed E-state index contributed by atoms with van der Waals surface area (Å²) >= 11 is 12.3. The van der Waals surface area contributed by atoms with Gasteiger partial charge in [0.25, 0.3) is 0 Å². The Morgan fingerprint density at radius 2 is 2.05 bits per heavy atom. The van der Waals surface area contributed by atoms with E-state index in [2.05, 4.69) is 29.4 Å². The number of hydrogen-bond acceptors (Lipinski definition) is 4. The number of hydrogen-bond donors (Lipinski definition) is 1. The van der Waals surface area contributed by atoms with E-state index in [4.69, 9.17) is 28.9 Å². The molecule has 1 unspecified atom stereocenters. The van der Waals surface area contributed by atoms with Crippen molar-refractivity contribution >= 4 is 28.9 Å². The number of nitrogens with zero attached hydrogens (tertiary/aromatic N) is 4. The van der Waals surface area contributed by atoms with Crippen LogP contribution in [0.5, 0.6) is 0 Å². The predicted molar refractivity (Wildman–Crippen MR) is 75.1 cm³/mol. The summed E-state index contributed by atoms with van der Waals surface area (Å²) in [7, 11) is 0. The Morgan fingerprint density at radius 3 is 2.68 bits per heavy atom. The molecule has 2 aromatic rings. The molecule has 1 aliphatic carbocycles. The summed E-state index contributed by atoms with van der Waals surface area (Å²) < 4.78 is 1.80. The lowest BCUT2D eigenvalue weighted by Gasteiger charge is -2.09. The number of rotatable bonds is 2. The number of aromatic nitrogens is 4. The standard InChI is InChI=1S/C12H13Cl2N5/c1-12(2)5-9(12)19-11(16-17-18-19)7-3-6(15)4-8(13)10(7)14/h3-4,9H,5,15H2,1-2H3. The molecule has 19 heavy (non-hydrogen) atoms. The fraction of sp³-hybridized carbons (Fsp3) is 0.417. The molecule has 5 nitrogen and oxygen atoms in total. The highest BCUT2D eigenvalue weighted by molar-refractivity contribution is 6.43. The highest BCUT2D eigenvalue weighted by Crippen LogP contribution is 2.56. The number of tetrazole rings is 1. The molecule has 0 radical (unpaired) electrons. The predicted octanol–water partition coefficient (Wildman–Crippen LogP) is 3.20. The first-order valence-electron chi connectivity index (χ1n) is 5.93. The molecule has 1 heterocycles. The number of benzene rings is 1. The average Bonchev–Trinajstić information content (AvgIpc) is 2.76. The lowest BCUT2D eigenvalue weighted by molar-refractivity contribution is 0.497. The van der Waals surface area contributed by atoms with Crippen molar-refractivity contribution < 1.29 is 0 Å². The van der Waals surface area contributed by atoms with Crippen LogP contribution in [-0.2, 0) is 0 Å². The molecule has 1 aromatic carbocycles. The van der Waals surface area contributed by atoms with Gasteiger partial charge in [-0.05, 0) is 34.4 Å². The van der Waals surface area contributed by atoms with E-state index >= 15 is 0 Å². The van der Waals surface area contributed by atoms with E-state index in [1.165, 1.54) is 0 Å². The second-order valence-electron chi connectivity index (χ2n) is 5.52. The van der Waals surface area contributed by atoms with Gasteiger partial charge in [-0.2, -0.15) is 0 Å². The van der Waals surface area contributed by atoms with E-state index < -0.39 is 0 Å². The van der Waals surface area contributed by atoms with Gasteiger partial charge in [0, 0.05) is 11.3 Å². The molecule has 1 aliphatic rings. The lowest BCUT2D eigenvalue weighted by atomic mass is 10.1. The number of anilines is 1. The Kier molecular flexibility index (Phi) is 2.73. The molecule has 100 valence electrons. The summed E-state index contributed by atoms with van der Waals surface area (Å²) in [5.41, 5.74) is 7.22. The highest BCUT2D eigenvalue weighted by Gasteiger charge is 2.49. The first kappa shape index (κ1) is 12.7. The maximum Gasteiger partial charge on any atom is 0.183 e. The first-order valence-corrected chi connectivity index (χ1v) is 6.68. The Balaban J connectivity index is 2.12. The van der Waals surface area contributed by atoms with Gasteiger partial charge in [-0.3, -0.25) is 0 Å². The first-order chi connectivity index (χ1) is 8.90. The summed E-state index contributed by atoms with van der Waals surface area (Å²) in [4.78, 5) is 0. The molecular formula is C12H13Cl2N5. The van der Waals surface area contributed by atoms with Crippen LogP contribution in [-0.4, -0.2) is 20.2 Å². The Morgan fingerprint density at radius 1 is 1.37 bits per heavy atom. The molecule has 0 saturated heterocycles. The van der Waals surface area contributed by atoms with Crippen LogP contribution in [0, 0.1) is 5.41 Å². The summed E-state index contributed by atoms with van der Waals surface area (Å²) in [6.45, 7) is 4.36. The van der Waals surface area contributed by atoms with Gasteiger partial charge in [-0.1, -0.05) is 37.0 Å². The fourth-order valence-electron chi connectivity index (χ4n) is 2.21. The zero-order valence-corrected chi connectivity index (χ0v) is 12.1. The Hall–Kier alpha value is -1.33. The van der Waals surface area contributed by atoms with Gasteiger partial charge in [0.2, 0.25) is 0 Å². The van der Waals surface area contributed by atoms with E-state index in [9.17, 15) is 0 Å². The molecule has 3 rings (SSSR count). The Bertz CT molecular complexity index is 650. The average molecular weight is 298 g/mol. The number of halogens is 2. The smallest absolute Gasteiger partial charge is 0.183 e. The van der Waals surface area contributed by atoms with Crippen molar-refractivity contribution in [3.63, 3.8) is 0 Å². The van der Waals surface area contributed by atoms with Crippen LogP contribution >= 0.6 is 23.2 Å². The third-order valence-electron chi connectivity index (χ3n) is 3.54. The van der Waals surface area contributed by atoms with Crippen molar-refractivity contribution in [3.8, 4) is 11.4 Å². The molecule has 1 fully saturated rings. The van der Waals surface area contributed by atoms with E-state index in [0.29, 0.717) is 27.1 Å². The van der Waals surface area contributed by atoms with E-state index in [-0.39, 0.29) is 11.5 Å². The molecule has 1 atom stereocenters. The maximum atomic E-state index is 6.23. The summed E-state index contributed by atoms with van der Waals surface area (Å²) in [6.07, 6.45) is 1.04. The van der Waals surface area contributed by atoms with Crippen LogP contribution in [0.15, 0.2) is 12.1 Å². The largest absolute Gasteiger partial charge is 0.399 e. The number of nitrogen functional groups attached to an aromatic ring is 1. The zero-order chi connectivity index (χ0) is 13.8. The van der Waals surface area contributed by atoms with Crippen molar-refractivity contribution in [3.05, 3.63) is 22.2 Å². The van der Waals surface area contributed by atoms with Crippen molar-refractivity contribution in [1.29, 1.82) is 0 Å². The molecular weight excluding hydrogens is 285 g/mol. The highest BCUT2D eigenvalue weighted by atomic mass is 35.5. The van der Waals surface area contributed by atoms with Crippen LogP contribution in [0.3, 0.4) is 0 Å². The second kappa shape index (κ2) is 4.08. The maximum absolute atomic E-state index is 6.23. The van der Waals surface area contributed by atoms with Crippen LogP contribution in [0.2, 0.25) is 10.0 Å². The minimum absolute atomic E-state index is 0.209. The minimum atomic E-state index is 0.209. The van der Waals surface area contributed by atoms with Crippen molar-refractivity contribution in [1.82, 2.24) is 20.2 Å². The van der Waals surface area contributed by atoms with Crippen LogP contribution in [0.4, 0.5) is 5.69 Å². The van der Waals surface area contributed by atoms with E-state index in [1.807, 2.05) is 0 Å². The zero-order valence-electron chi connectivity index (χ0n) is 10.6. The fourth-order valence-corrected chi connectivity index (χ4v) is 2.63. The summed E-state index contributed by atoms with van der Waals surface area (Å²) in [6, 6.07) is 3.64. The minimum Gasteiger partial charge on any atom is -0.399 e. The molecule has 0 bridgehead atoms. The summed E-state index contributed by atoms with van der Waals surface area (Å²) in [5.74, 6) is 0.606. The lowest BCUT2D eigenvalue weighted by Crippen LogP contribution is -2.05. The third kappa shape index (κ3) is 2.07. The quantitative estimate of drug-likeness (QED) is 0.864. The van der Waals surface area contributed by atoms with E-state index in [1.54, 1.807) is 16.8 Å². The van der Waals surface area contributed by atoms with Gasteiger partial charge >= 0.3 is 0 Å². The summed E-state index contributed by atoms with van der Waals surface area (Å²) in [5, 5.41) is 12.7. The molecule has 1 saturated carbocycles. The molecule has 0 aliphatic heterocycles. The topological polar surface area (TPSA) is 69.6 Å². The SMILES string of the molecule is CC1(C)CC1n1nnnc1-c1cc(N)cc(Cl)c1Cl. The van der Waals surface area contributed by atoms with Crippen molar-refractivity contribution in [2.75, 3.05) is 5.73 Å². The van der Waals surface area contributed by atoms with Gasteiger partial charge in [0.05, 0.1) is 16.1 Å².